The molecule has 0 amide bonds. The third-order valence-corrected chi connectivity index (χ3v) is 4.96. The van der Waals surface area contributed by atoms with Crippen molar-refractivity contribution < 1.29 is 8.78 Å². The Labute approximate surface area is 124 Å². The summed E-state index contributed by atoms with van der Waals surface area (Å²) in [7, 11) is 0. The molecule has 20 heavy (non-hydrogen) atoms. The number of thioether (sulfide) groups is 1. The summed E-state index contributed by atoms with van der Waals surface area (Å²) in [6.45, 7) is 5.58. The van der Waals surface area contributed by atoms with Crippen molar-refractivity contribution in [2.24, 2.45) is 5.92 Å². The van der Waals surface area contributed by atoms with Crippen molar-refractivity contribution in [3.05, 3.63) is 29.3 Å². The van der Waals surface area contributed by atoms with Gasteiger partial charge in [0.25, 0.3) is 0 Å². The number of nitrogens with one attached hydrogen (secondary N) is 1. The van der Waals surface area contributed by atoms with Crippen LogP contribution in [-0.2, 0) is 6.54 Å². The minimum absolute atomic E-state index is 0.199. The largest absolute Gasteiger partial charge is 0.312 e. The van der Waals surface area contributed by atoms with Gasteiger partial charge in [-0.15, -0.1) is 11.8 Å². The first-order chi connectivity index (χ1) is 9.56. The Morgan fingerprint density at radius 2 is 1.80 bits per heavy atom. The van der Waals surface area contributed by atoms with Gasteiger partial charge in [-0.2, -0.15) is 0 Å². The Balaban J connectivity index is 2.00. The first kappa shape index (κ1) is 15.8. The van der Waals surface area contributed by atoms with Gasteiger partial charge in [0.1, 0.15) is 11.6 Å². The predicted octanol–water partition coefficient (Wildman–Crippen LogP) is 4.75. The van der Waals surface area contributed by atoms with Gasteiger partial charge < -0.3 is 5.32 Å². The number of hydrogen-bond donors (Lipinski definition) is 1. The van der Waals surface area contributed by atoms with Crippen LogP contribution in [0, 0.1) is 17.6 Å². The van der Waals surface area contributed by atoms with E-state index in [0.717, 1.165) is 19.4 Å². The second-order valence-electron chi connectivity index (χ2n) is 5.94. The quantitative estimate of drug-likeness (QED) is 0.814. The molecule has 112 valence electrons. The molecular weight excluding hydrogens is 276 g/mol. The van der Waals surface area contributed by atoms with E-state index in [9.17, 15) is 8.78 Å². The van der Waals surface area contributed by atoms with E-state index in [1.54, 1.807) is 0 Å². The van der Waals surface area contributed by atoms with Gasteiger partial charge in [-0.25, -0.2) is 8.78 Å². The van der Waals surface area contributed by atoms with Crippen LogP contribution in [0.5, 0.6) is 0 Å². The number of halogens is 2. The average molecular weight is 299 g/mol. The molecule has 0 heterocycles. The summed E-state index contributed by atoms with van der Waals surface area (Å²) in [5.74, 6) is -0.298. The third-order valence-electron chi connectivity index (χ3n) is 3.53. The van der Waals surface area contributed by atoms with Crippen LogP contribution in [0.1, 0.15) is 45.1 Å². The summed E-state index contributed by atoms with van der Waals surface area (Å²) < 4.78 is 28.1. The highest BCUT2D eigenvalue weighted by Crippen LogP contribution is 2.37. The van der Waals surface area contributed by atoms with Crippen LogP contribution in [-0.4, -0.2) is 11.8 Å². The first-order valence-corrected chi connectivity index (χ1v) is 8.29. The van der Waals surface area contributed by atoms with Gasteiger partial charge in [-0.05, 0) is 43.0 Å². The van der Waals surface area contributed by atoms with Crippen LogP contribution in [0.2, 0.25) is 0 Å². The van der Waals surface area contributed by atoms with Crippen molar-refractivity contribution in [2.45, 2.75) is 56.2 Å². The summed E-state index contributed by atoms with van der Waals surface area (Å²) in [6, 6.07) is 2.93. The maximum Gasteiger partial charge on any atom is 0.140 e. The molecule has 0 radical (unpaired) electrons. The van der Waals surface area contributed by atoms with E-state index < -0.39 is 11.6 Å². The second kappa shape index (κ2) is 7.41. The molecule has 1 aliphatic rings. The Bertz CT molecular complexity index is 419. The smallest absolute Gasteiger partial charge is 0.140 e. The van der Waals surface area contributed by atoms with E-state index in [2.05, 4.69) is 19.2 Å². The maximum absolute atomic E-state index is 14.1. The van der Waals surface area contributed by atoms with Crippen molar-refractivity contribution >= 4 is 11.8 Å². The Kier molecular flexibility index (Phi) is 5.85. The molecule has 0 aromatic heterocycles. The molecule has 1 fully saturated rings. The zero-order valence-electron chi connectivity index (χ0n) is 12.2. The zero-order valence-corrected chi connectivity index (χ0v) is 13.0. The molecule has 4 heteroatoms. The predicted molar refractivity (Wildman–Crippen MR) is 81.0 cm³/mol. The minimum atomic E-state index is -0.414. The Hall–Kier alpha value is -0.610. The second-order valence-corrected chi connectivity index (χ2v) is 7.25. The van der Waals surface area contributed by atoms with E-state index >= 15 is 0 Å². The normalized spacial score (nSPS) is 16.2. The highest BCUT2D eigenvalue weighted by atomic mass is 32.2. The molecule has 0 atom stereocenters. The Morgan fingerprint density at radius 3 is 2.35 bits per heavy atom. The van der Waals surface area contributed by atoms with Crippen LogP contribution in [0.25, 0.3) is 0 Å². The van der Waals surface area contributed by atoms with Crippen molar-refractivity contribution in [1.82, 2.24) is 5.32 Å². The summed E-state index contributed by atoms with van der Waals surface area (Å²) in [5, 5.41) is 3.59. The van der Waals surface area contributed by atoms with Crippen LogP contribution < -0.4 is 5.32 Å². The van der Waals surface area contributed by atoms with Crippen molar-refractivity contribution in [3.8, 4) is 0 Å². The molecule has 0 bridgehead atoms. The van der Waals surface area contributed by atoms with Crippen LogP contribution >= 0.6 is 11.8 Å². The standard InChI is InChI=1S/C16H23F2NS/c1-11(2)9-19-10-12-7-14(17)16(15(18)8-12)20-13-5-3-4-6-13/h7-8,11,13,19H,3-6,9-10H2,1-2H3. The van der Waals surface area contributed by atoms with Crippen LogP contribution in [0.3, 0.4) is 0 Å². The third kappa shape index (κ3) is 4.45. The molecule has 2 rings (SSSR count). The lowest BCUT2D eigenvalue weighted by molar-refractivity contribution is 0.525. The molecule has 0 spiro atoms. The monoisotopic (exact) mass is 299 g/mol. The van der Waals surface area contributed by atoms with Crippen LogP contribution in [0.15, 0.2) is 17.0 Å². The van der Waals surface area contributed by atoms with Gasteiger partial charge >= 0.3 is 0 Å². The van der Waals surface area contributed by atoms with E-state index in [0.29, 0.717) is 23.3 Å². The van der Waals surface area contributed by atoms with Gasteiger partial charge in [-0.1, -0.05) is 26.7 Å². The lowest BCUT2D eigenvalue weighted by Crippen LogP contribution is -2.19. The van der Waals surface area contributed by atoms with Gasteiger partial charge in [0.15, 0.2) is 0 Å². The maximum atomic E-state index is 14.1. The molecule has 1 aromatic rings. The van der Waals surface area contributed by atoms with E-state index in [1.165, 1.54) is 36.7 Å². The molecular formula is C16H23F2NS. The zero-order chi connectivity index (χ0) is 14.5. The molecule has 1 N–H and O–H groups in total. The molecule has 0 aliphatic heterocycles. The Morgan fingerprint density at radius 1 is 1.20 bits per heavy atom. The van der Waals surface area contributed by atoms with Gasteiger partial charge in [0.05, 0.1) is 4.90 Å². The minimum Gasteiger partial charge on any atom is -0.312 e. The van der Waals surface area contributed by atoms with E-state index in [4.69, 9.17) is 0 Å². The van der Waals surface area contributed by atoms with Gasteiger partial charge in [-0.3, -0.25) is 0 Å². The fourth-order valence-electron chi connectivity index (χ4n) is 2.51. The number of rotatable bonds is 6. The summed E-state index contributed by atoms with van der Waals surface area (Å²) in [6.07, 6.45) is 4.50. The molecule has 1 aliphatic carbocycles. The summed E-state index contributed by atoms with van der Waals surface area (Å²) in [4.78, 5) is 0.199. The van der Waals surface area contributed by atoms with Gasteiger partial charge in [0, 0.05) is 11.8 Å². The van der Waals surface area contributed by atoms with E-state index in [1.807, 2.05) is 0 Å². The lowest BCUT2D eigenvalue weighted by atomic mass is 10.2. The van der Waals surface area contributed by atoms with Gasteiger partial charge in [0.2, 0.25) is 0 Å². The molecule has 1 saturated carbocycles. The summed E-state index contributed by atoms with van der Waals surface area (Å²) >= 11 is 1.37. The number of hydrogen-bond acceptors (Lipinski definition) is 2. The molecule has 1 nitrogen and oxygen atoms in total. The van der Waals surface area contributed by atoms with Crippen molar-refractivity contribution in [3.63, 3.8) is 0 Å². The topological polar surface area (TPSA) is 12.0 Å². The lowest BCUT2D eigenvalue weighted by Gasteiger charge is -2.13. The van der Waals surface area contributed by atoms with Crippen molar-refractivity contribution in [2.75, 3.05) is 6.54 Å². The molecule has 0 unspecified atom stereocenters. The van der Waals surface area contributed by atoms with Crippen LogP contribution in [0.4, 0.5) is 8.78 Å². The molecule has 1 aromatic carbocycles. The fraction of sp³-hybridized carbons (Fsp3) is 0.625. The van der Waals surface area contributed by atoms with E-state index in [-0.39, 0.29) is 4.90 Å². The highest BCUT2D eigenvalue weighted by molar-refractivity contribution is 8.00. The first-order valence-electron chi connectivity index (χ1n) is 7.41. The SMILES string of the molecule is CC(C)CNCc1cc(F)c(SC2CCCC2)c(F)c1. The summed E-state index contributed by atoms with van der Waals surface area (Å²) in [5.41, 5.74) is 0.677. The fourth-order valence-corrected chi connectivity index (χ4v) is 3.75. The highest BCUT2D eigenvalue weighted by Gasteiger charge is 2.20. The average Bonchev–Trinajstić information content (AvgIpc) is 2.86. The van der Waals surface area contributed by atoms with Crippen molar-refractivity contribution in [1.29, 1.82) is 0 Å². The molecule has 0 saturated heterocycles. The number of benzene rings is 1.